The standard InChI is InChI=1S/C21H30FN2O5P/c1-4-30(27,5-2)16-29-19(11-22)13-23-12-17(3)20(25)24(21(23)26)15-28-14-18-9-7-6-8-10-18/h6-10,12,19H,4-5,11,13-16H2,1-3H3/t19-/m0/s1. The van der Waals surface area contributed by atoms with Crippen molar-refractivity contribution in [3.05, 3.63) is 68.5 Å². The minimum Gasteiger partial charge on any atom is -0.366 e. The van der Waals surface area contributed by atoms with Crippen molar-refractivity contribution in [1.82, 2.24) is 9.13 Å². The van der Waals surface area contributed by atoms with Crippen LogP contribution in [0.3, 0.4) is 0 Å². The molecule has 9 heteroatoms. The number of alkyl halides is 1. The molecule has 2 rings (SSSR count). The van der Waals surface area contributed by atoms with Crippen LogP contribution in [-0.4, -0.2) is 40.6 Å². The van der Waals surface area contributed by atoms with E-state index in [1.54, 1.807) is 6.92 Å². The quantitative estimate of drug-likeness (QED) is 0.474. The highest BCUT2D eigenvalue weighted by molar-refractivity contribution is 7.63. The van der Waals surface area contributed by atoms with Gasteiger partial charge in [-0.1, -0.05) is 44.2 Å². The van der Waals surface area contributed by atoms with Gasteiger partial charge in [0.2, 0.25) is 0 Å². The number of halogens is 1. The second kappa shape index (κ2) is 11.4. The van der Waals surface area contributed by atoms with Gasteiger partial charge in [0, 0.05) is 24.1 Å². The fraction of sp³-hybridized carbons (Fsp3) is 0.524. The summed E-state index contributed by atoms with van der Waals surface area (Å²) >= 11 is 0. The summed E-state index contributed by atoms with van der Waals surface area (Å²) in [6.07, 6.45) is 1.40. The zero-order valence-corrected chi connectivity index (χ0v) is 18.6. The van der Waals surface area contributed by atoms with E-state index in [1.807, 2.05) is 44.2 Å². The Hall–Kier alpha value is -2.02. The van der Waals surface area contributed by atoms with E-state index in [2.05, 4.69) is 0 Å². The van der Waals surface area contributed by atoms with Crippen molar-refractivity contribution in [1.29, 1.82) is 0 Å². The van der Waals surface area contributed by atoms with Gasteiger partial charge in [0.25, 0.3) is 5.56 Å². The second-order valence-corrected chi connectivity index (χ2v) is 10.8. The smallest absolute Gasteiger partial charge is 0.333 e. The third kappa shape index (κ3) is 6.49. The predicted molar refractivity (Wildman–Crippen MR) is 115 cm³/mol. The zero-order valence-electron chi connectivity index (χ0n) is 17.8. The molecule has 1 aromatic heterocycles. The first-order chi connectivity index (χ1) is 14.3. The number of hydrogen-bond acceptors (Lipinski definition) is 5. The van der Waals surface area contributed by atoms with Crippen LogP contribution in [0.4, 0.5) is 4.39 Å². The van der Waals surface area contributed by atoms with Crippen molar-refractivity contribution in [2.45, 2.75) is 46.8 Å². The minimum atomic E-state index is -2.49. The molecule has 0 saturated heterocycles. The number of aromatic nitrogens is 2. The summed E-state index contributed by atoms with van der Waals surface area (Å²) in [4.78, 5) is 25.2. The molecule has 0 aliphatic rings. The van der Waals surface area contributed by atoms with Crippen LogP contribution < -0.4 is 11.2 Å². The molecule has 0 N–H and O–H groups in total. The van der Waals surface area contributed by atoms with Crippen LogP contribution in [0.1, 0.15) is 25.0 Å². The van der Waals surface area contributed by atoms with E-state index in [1.165, 1.54) is 10.8 Å². The monoisotopic (exact) mass is 440 g/mol. The molecule has 1 heterocycles. The number of benzene rings is 1. The molecule has 166 valence electrons. The van der Waals surface area contributed by atoms with E-state index >= 15 is 0 Å². The molecule has 30 heavy (non-hydrogen) atoms. The molecule has 2 aromatic rings. The maximum Gasteiger partial charge on any atom is 0.333 e. The Bertz CT molecular complexity index is 966. The summed E-state index contributed by atoms with van der Waals surface area (Å²) < 4.78 is 39.3. The normalized spacial score (nSPS) is 12.8. The topological polar surface area (TPSA) is 79.5 Å². The molecule has 0 radical (unpaired) electrons. The summed E-state index contributed by atoms with van der Waals surface area (Å²) in [5.41, 5.74) is 0.197. The summed E-state index contributed by atoms with van der Waals surface area (Å²) in [6.45, 7) is 4.34. The summed E-state index contributed by atoms with van der Waals surface area (Å²) in [6, 6.07) is 9.39. The number of aryl methyl sites for hydroxylation is 1. The minimum absolute atomic E-state index is 0.0256. The van der Waals surface area contributed by atoms with Crippen LogP contribution in [0.2, 0.25) is 0 Å². The van der Waals surface area contributed by atoms with Crippen LogP contribution in [0.15, 0.2) is 46.1 Å². The second-order valence-electron chi connectivity index (χ2n) is 7.21. The lowest BCUT2D eigenvalue weighted by molar-refractivity contribution is 0.0443. The van der Waals surface area contributed by atoms with Gasteiger partial charge >= 0.3 is 5.69 Å². The highest BCUT2D eigenvalue weighted by atomic mass is 31.2. The molecule has 0 amide bonds. The predicted octanol–water partition coefficient (Wildman–Crippen LogP) is 3.21. The summed E-state index contributed by atoms with van der Waals surface area (Å²) in [5.74, 6) is 0. The Labute approximate surface area is 175 Å². The first-order valence-electron chi connectivity index (χ1n) is 10.0. The van der Waals surface area contributed by atoms with Gasteiger partial charge in [-0.2, -0.15) is 0 Å². The lowest BCUT2D eigenvalue weighted by atomic mass is 10.2. The largest absolute Gasteiger partial charge is 0.366 e. The summed E-state index contributed by atoms with van der Waals surface area (Å²) in [5, 5.41) is 0. The third-order valence-electron chi connectivity index (χ3n) is 5.01. The molecule has 0 spiro atoms. The van der Waals surface area contributed by atoms with Crippen molar-refractivity contribution >= 4 is 7.14 Å². The molecule has 0 fully saturated rings. The molecule has 1 atom stereocenters. The molecule has 0 aliphatic heterocycles. The van der Waals surface area contributed by atoms with E-state index in [-0.39, 0.29) is 26.2 Å². The van der Waals surface area contributed by atoms with Gasteiger partial charge in [0.15, 0.2) is 0 Å². The highest BCUT2D eigenvalue weighted by Crippen LogP contribution is 2.44. The Morgan fingerprint density at radius 1 is 1.13 bits per heavy atom. The average molecular weight is 440 g/mol. The van der Waals surface area contributed by atoms with Crippen LogP contribution in [0, 0.1) is 6.92 Å². The van der Waals surface area contributed by atoms with E-state index in [4.69, 9.17) is 9.47 Å². The SMILES string of the molecule is CCP(=O)(CC)CO[C@@H](CF)Cn1cc(C)c(=O)n(COCc2ccccc2)c1=O. The lowest BCUT2D eigenvalue weighted by Crippen LogP contribution is -2.43. The van der Waals surface area contributed by atoms with Crippen LogP contribution in [-0.2, 0) is 33.9 Å². The van der Waals surface area contributed by atoms with Gasteiger partial charge < -0.3 is 14.0 Å². The first kappa shape index (κ1) is 24.3. The van der Waals surface area contributed by atoms with Gasteiger partial charge in [0.1, 0.15) is 33.0 Å². The molecular formula is C21H30FN2O5P. The van der Waals surface area contributed by atoms with E-state index < -0.39 is 31.2 Å². The molecule has 1 aromatic carbocycles. The number of hydrogen-bond donors (Lipinski definition) is 0. The molecule has 0 aliphatic carbocycles. The fourth-order valence-electron chi connectivity index (χ4n) is 2.89. The maximum absolute atomic E-state index is 13.5. The molecule has 7 nitrogen and oxygen atoms in total. The molecule has 0 unspecified atom stereocenters. The van der Waals surface area contributed by atoms with Gasteiger partial charge in [-0.05, 0) is 12.5 Å². The molecule has 0 bridgehead atoms. The Morgan fingerprint density at radius 3 is 2.40 bits per heavy atom. The van der Waals surface area contributed by atoms with Gasteiger partial charge in [0.05, 0.1) is 13.2 Å². The Kier molecular flexibility index (Phi) is 9.21. The van der Waals surface area contributed by atoms with E-state index in [0.29, 0.717) is 17.9 Å². The number of ether oxygens (including phenoxy) is 2. The highest BCUT2D eigenvalue weighted by Gasteiger charge is 2.21. The van der Waals surface area contributed by atoms with Gasteiger partial charge in [-0.25, -0.2) is 13.8 Å². The van der Waals surface area contributed by atoms with Crippen LogP contribution in [0.5, 0.6) is 0 Å². The Morgan fingerprint density at radius 2 is 1.80 bits per heavy atom. The van der Waals surface area contributed by atoms with Gasteiger partial charge in [-0.15, -0.1) is 0 Å². The maximum atomic E-state index is 13.5. The summed E-state index contributed by atoms with van der Waals surface area (Å²) in [7, 11) is -2.49. The van der Waals surface area contributed by atoms with E-state index in [9.17, 15) is 18.5 Å². The van der Waals surface area contributed by atoms with Crippen molar-refractivity contribution in [2.24, 2.45) is 0 Å². The molecular weight excluding hydrogens is 410 g/mol. The third-order valence-corrected chi connectivity index (χ3v) is 7.94. The van der Waals surface area contributed by atoms with Crippen molar-refractivity contribution in [2.75, 3.05) is 25.3 Å². The molecule has 0 saturated carbocycles. The van der Waals surface area contributed by atoms with Crippen molar-refractivity contribution in [3.63, 3.8) is 0 Å². The van der Waals surface area contributed by atoms with Gasteiger partial charge in [-0.3, -0.25) is 9.36 Å². The zero-order chi connectivity index (χ0) is 22.1. The Balaban J connectivity index is 2.13. The number of nitrogens with zero attached hydrogens (tertiary/aromatic N) is 2. The first-order valence-corrected chi connectivity index (χ1v) is 12.3. The van der Waals surface area contributed by atoms with Crippen LogP contribution in [0.25, 0.3) is 0 Å². The fourth-order valence-corrected chi connectivity index (χ4v) is 4.18. The van der Waals surface area contributed by atoms with Crippen molar-refractivity contribution < 1.29 is 18.4 Å². The van der Waals surface area contributed by atoms with Crippen molar-refractivity contribution in [3.8, 4) is 0 Å². The van der Waals surface area contributed by atoms with Crippen LogP contribution >= 0.6 is 7.14 Å². The van der Waals surface area contributed by atoms with E-state index in [0.717, 1.165) is 10.1 Å². The number of rotatable bonds is 12. The average Bonchev–Trinajstić information content (AvgIpc) is 2.77. The lowest BCUT2D eigenvalue weighted by Gasteiger charge is -2.21.